The molecule has 3 heterocycles. The number of carbonyl (C=O) groups excluding carboxylic acids is 1. The highest BCUT2D eigenvalue weighted by Gasteiger charge is 2.30. The van der Waals surface area contributed by atoms with Crippen molar-refractivity contribution in [1.82, 2.24) is 19.6 Å². The van der Waals surface area contributed by atoms with Crippen molar-refractivity contribution in [3.05, 3.63) is 64.7 Å². The number of allylic oxidation sites excluding steroid dienone is 4. The molecule has 1 aliphatic heterocycles. The van der Waals surface area contributed by atoms with Crippen LogP contribution in [0.25, 0.3) is 11.2 Å². The van der Waals surface area contributed by atoms with Crippen LogP contribution in [0.5, 0.6) is 0 Å². The number of imidazole rings is 1. The largest absolute Gasteiger partial charge is 0.453 e. The first kappa shape index (κ1) is 24.1. The van der Waals surface area contributed by atoms with Gasteiger partial charge in [-0.1, -0.05) is 6.08 Å². The van der Waals surface area contributed by atoms with Crippen LogP contribution in [0.4, 0.5) is 13.6 Å². The first-order chi connectivity index (χ1) is 16.3. The minimum Gasteiger partial charge on any atom is -0.453 e. The van der Waals surface area contributed by atoms with E-state index in [0.29, 0.717) is 24.5 Å². The molecular weight excluding hydrogens is 446 g/mol. The zero-order chi connectivity index (χ0) is 24.4. The highest BCUT2D eigenvalue weighted by Crippen LogP contribution is 2.36. The Morgan fingerprint density at radius 2 is 2.24 bits per heavy atom. The van der Waals surface area contributed by atoms with Gasteiger partial charge in [0.15, 0.2) is 0 Å². The van der Waals surface area contributed by atoms with Crippen molar-refractivity contribution in [2.75, 3.05) is 33.9 Å². The summed E-state index contributed by atoms with van der Waals surface area (Å²) < 4.78 is 43.2. The standard InChI is InChI=1S/C24H28F2N4O4/c1-14-6-7-30-19(12-16-13-29(8-9-34-16)24(32)33-3)22(28-20(30)10-14)21-17(25)5-4-15(11-18(21)26)23(31)27-2/h4,6-7,10-11,16,23,27,31H,5,8-9,12-13H2,1-3H3/t16-,23?/m1/s1. The van der Waals surface area contributed by atoms with E-state index in [1.807, 2.05) is 25.3 Å². The number of nitrogens with zero attached hydrogens (tertiary/aromatic N) is 3. The van der Waals surface area contributed by atoms with E-state index in [-0.39, 0.29) is 36.2 Å². The molecule has 0 saturated carbocycles. The molecule has 10 heteroatoms. The van der Waals surface area contributed by atoms with E-state index < -0.39 is 30.1 Å². The smallest absolute Gasteiger partial charge is 0.409 e. The number of likely N-dealkylation sites (N-methyl/N-ethyl adjacent to an activating group) is 1. The monoisotopic (exact) mass is 474 g/mol. The van der Waals surface area contributed by atoms with Crippen LogP contribution in [0.2, 0.25) is 0 Å². The van der Waals surface area contributed by atoms with Crippen molar-refractivity contribution in [3.63, 3.8) is 0 Å². The number of morpholine rings is 1. The molecular formula is C24H28F2N4O4. The van der Waals surface area contributed by atoms with Crippen LogP contribution in [0, 0.1) is 6.92 Å². The molecule has 1 saturated heterocycles. The van der Waals surface area contributed by atoms with Gasteiger partial charge >= 0.3 is 6.09 Å². The molecule has 2 aromatic heterocycles. The van der Waals surface area contributed by atoms with Crippen LogP contribution in [0.3, 0.4) is 0 Å². The molecule has 2 aromatic rings. The number of halogens is 2. The summed E-state index contributed by atoms with van der Waals surface area (Å²) in [6, 6.07) is 3.72. The minimum absolute atomic E-state index is 0.171. The average Bonchev–Trinajstić information content (AvgIpc) is 3.08. The molecule has 1 amide bonds. The summed E-state index contributed by atoms with van der Waals surface area (Å²) in [5, 5.41) is 12.7. The van der Waals surface area contributed by atoms with Crippen molar-refractivity contribution in [2.24, 2.45) is 0 Å². The maximum absolute atomic E-state index is 15.4. The fourth-order valence-corrected chi connectivity index (χ4v) is 4.26. The van der Waals surface area contributed by atoms with Crippen LogP contribution < -0.4 is 5.32 Å². The maximum atomic E-state index is 15.4. The number of nitrogens with one attached hydrogen (secondary N) is 1. The summed E-state index contributed by atoms with van der Waals surface area (Å²) in [7, 11) is 2.85. The van der Waals surface area contributed by atoms with E-state index in [9.17, 15) is 9.90 Å². The Hall–Kier alpha value is -3.08. The highest BCUT2D eigenvalue weighted by molar-refractivity contribution is 5.81. The molecule has 4 rings (SSSR count). The lowest BCUT2D eigenvalue weighted by molar-refractivity contribution is -0.0242. The van der Waals surface area contributed by atoms with Gasteiger partial charge in [-0.3, -0.25) is 5.32 Å². The SMILES string of the molecule is CNC(O)C1=CCC(F)=C(c2nc3cc(C)ccn3c2C[C@@H]2CN(C(=O)OC)CCO2)C(F)=C1. The van der Waals surface area contributed by atoms with Crippen molar-refractivity contribution >= 4 is 17.3 Å². The molecule has 182 valence electrons. The van der Waals surface area contributed by atoms with Crippen molar-refractivity contribution < 1.29 is 28.2 Å². The predicted molar refractivity (Wildman–Crippen MR) is 122 cm³/mol. The van der Waals surface area contributed by atoms with Gasteiger partial charge in [0.05, 0.1) is 43.3 Å². The Bertz CT molecular complexity index is 1190. The Morgan fingerprint density at radius 1 is 1.44 bits per heavy atom. The highest BCUT2D eigenvalue weighted by atomic mass is 19.1. The summed E-state index contributed by atoms with van der Waals surface area (Å²) in [6.45, 7) is 2.92. The number of carbonyl (C=O) groups is 1. The normalized spacial score (nSPS) is 20.2. The average molecular weight is 475 g/mol. The lowest BCUT2D eigenvalue weighted by Crippen LogP contribution is -2.46. The maximum Gasteiger partial charge on any atom is 0.409 e. The molecule has 1 fully saturated rings. The van der Waals surface area contributed by atoms with Gasteiger partial charge in [0, 0.05) is 25.6 Å². The number of aliphatic hydroxyl groups is 1. The Balaban J connectivity index is 1.76. The topological polar surface area (TPSA) is 88.3 Å². The number of aromatic nitrogens is 2. The summed E-state index contributed by atoms with van der Waals surface area (Å²) in [6.07, 6.45) is 2.49. The number of rotatable bonds is 5. The first-order valence-corrected chi connectivity index (χ1v) is 11.1. The summed E-state index contributed by atoms with van der Waals surface area (Å²) in [5.41, 5.74) is 2.23. The van der Waals surface area contributed by atoms with Gasteiger partial charge in [0.25, 0.3) is 0 Å². The fraction of sp³-hybridized carbons (Fsp3) is 0.417. The van der Waals surface area contributed by atoms with E-state index in [1.165, 1.54) is 20.2 Å². The molecule has 0 spiro atoms. The summed E-state index contributed by atoms with van der Waals surface area (Å²) in [5.74, 6) is -1.51. The van der Waals surface area contributed by atoms with Gasteiger partial charge in [-0.2, -0.15) is 0 Å². The van der Waals surface area contributed by atoms with E-state index >= 15 is 8.78 Å². The van der Waals surface area contributed by atoms with Gasteiger partial charge in [0.2, 0.25) is 0 Å². The molecule has 0 bridgehead atoms. The number of hydrogen-bond donors (Lipinski definition) is 2. The summed E-state index contributed by atoms with van der Waals surface area (Å²) in [4.78, 5) is 18.1. The van der Waals surface area contributed by atoms with E-state index in [0.717, 1.165) is 11.6 Å². The molecule has 0 radical (unpaired) electrons. The number of hydrogen-bond acceptors (Lipinski definition) is 6. The zero-order valence-electron chi connectivity index (χ0n) is 19.3. The molecule has 1 unspecified atom stereocenters. The van der Waals surface area contributed by atoms with Crippen LogP contribution in [0.1, 0.15) is 23.4 Å². The Kier molecular flexibility index (Phi) is 7.11. The van der Waals surface area contributed by atoms with Crippen LogP contribution in [-0.2, 0) is 15.9 Å². The number of aryl methyl sites for hydroxylation is 1. The lowest BCUT2D eigenvalue weighted by Gasteiger charge is -2.32. The van der Waals surface area contributed by atoms with Gasteiger partial charge < -0.3 is 23.9 Å². The van der Waals surface area contributed by atoms with E-state index in [4.69, 9.17) is 9.47 Å². The van der Waals surface area contributed by atoms with Crippen molar-refractivity contribution in [2.45, 2.75) is 32.1 Å². The molecule has 2 aliphatic rings. The number of methoxy groups -OCH3 is 1. The second-order valence-corrected chi connectivity index (χ2v) is 8.32. The molecule has 8 nitrogen and oxygen atoms in total. The predicted octanol–water partition coefficient (Wildman–Crippen LogP) is 3.05. The summed E-state index contributed by atoms with van der Waals surface area (Å²) >= 11 is 0. The second-order valence-electron chi connectivity index (χ2n) is 8.32. The van der Waals surface area contributed by atoms with Crippen molar-refractivity contribution in [3.8, 4) is 0 Å². The van der Waals surface area contributed by atoms with Crippen LogP contribution in [-0.4, -0.2) is 71.7 Å². The third kappa shape index (κ3) is 4.75. The number of amides is 1. The third-order valence-electron chi connectivity index (χ3n) is 6.02. The number of pyridine rings is 1. The number of aliphatic hydroxyl groups excluding tert-OH is 1. The molecule has 1 aliphatic carbocycles. The molecule has 2 atom stereocenters. The number of ether oxygens (including phenoxy) is 2. The quantitative estimate of drug-likeness (QED) is 0.648. The lowest BCUT2D eigenvalue weighted by atomic mass is 10.0. The molecule has 0 aromatic carbocycles. The van der Waals surface area contributed by atoms with Crippen LogP contribution in [0.15, 0.2) is 47.7 Å². The van der Waals surface area contributed by atoms with Gasteiger partial charge in [-0.25, -0.2) is 18.6 Å². The molecule has 34 heavy (non-hydrogen) atoms. The van der Waals surface area contributed by atoms with Crippen molar-refractivity contribution in [1.29, 1.82) is 0 Å². The third-order valence-corrected chi connectivity index (χ3v) is 6.02. The van der Waals surface area contributed by atoms with Gasteiger partial charge in [0.1, 0.15) is 23.5 Å². The zero-order valence-corrected chi connectivity index (χ0v) is 19.3. The van der Waals surface area contributed by atoms with E-state index in [1.54, 1.807) is 9.30 Å². The minimum atomic E-state index is -1.12. The Morgan fingerprint density at radius 3 is 2.97 bits per heavy atom. The Labute approximate surface area is 196 Å². The first-order valence-electron chi connectivity index (χ1n) is 11.1. The van der Waals surface area contributed by atoms with Gasteiger partial charge in [-0.05, 0) is 43.3 Å². The second kappa shape index (κ2) is 10.0. The van der Waals surface area contributed by atoms with Gasteiger partial charge in [-0.15, -0.1) is 0 Å². The van der Waals surface area contributed by atoms with Crippen LogP contribution >= 0.6 is 0 Å². The van der Waals surface area contributed by atoms with E-state index in [2.05, 4.69) is 10.3 Å². The number of fused-ring (bicyclic) bond motifs is 1. The molecule has 2 N–H and O–H groups in total. The fourth-order valence-electron chi connectivity index (χ4n) is 4.26.